The van der Waals surface area contributed by atoms with Crippen molar-refractivity contribution in [2.45, 2.75) is 27.2 Å². The van der Waals surface area contributed by atoms with Gasteiger partial charge in [-0.1, -0.05) is 6.92 Å². The van der Waals surface area contributed by atoms with Crippen LogP contribution in [0.25, 0.3) is 0 Å². The Morgan fingerprint density at radius 2 is 2.00 bits per heavy atom. The summed E-state index contributed by atoms with van der Waals surface area (Å²) in [7, 11) is 1.64. The van der Waals surface area contributed by atoms with Gasteiger partial charge < -0.3 is 10.5 Å². The van der Waals surface area contributed by atoms with E-state index in [4.69, 9.17) is 10.5 Å². The third-order valence-electron chi connectivity index (χ3n) is 3.05. The van der Waals surface area contributed by atoms with E-state index in [1.54, 1.807) is 7.11 Å². The van der Waals surface area contributed by atoms with Crippen molar-refractivity contribution >= 4 is 5.78 Å². The average molecular weight is 235 g/mol. The van der Waals surface area contributed by atoms with Gasteiger partial charge in [-0.05, 0) is 50.1 Å². The van der Waals surface area contributed by atoms with Gasteiger partial charge in [0, 0.05) is 11.5 Å². The minimum Gasteiger partial charge on any atom is -0.496 e. The van der Waals surface area contributed by atoms with Gasteiger partial charge in [0.1, 0.15) is 5.75 Å². The fourth-order valence-electron chi connectivity index (χ4n) is 1.92. The number of methoxy groups -OCH3 is 1. The lowest BCUT2D eigenvalue weighted by atomic mass is 9.92. The normalized spacial score (nSPS) is 12.3. The molecule has 0 spiro atoms. The first kappa shape index (κ1) is 13.7. The van der Waals surface area contributed by atoms with E-state index < -0.39 is 0 Å². The van der Waals surface area contributed by atoms with Gasteiger partial charge in [0.05, 0.1) is 7.11 Å². The predicted molar refractivity (Wildman–Crippen MR) is 69.6 cm³/mol. The molecule has 1 atom stereocenters. The van der Waals surface area contributed by atoms with Crippen molar-refractivity contribution in [2.75, 3.05) is 13.7 Å². The zero-order valence-corrected chi connectivity index (χ0v) is 11.0. The van der Waals surface area contributed by atoms with Crippen molar-refractivity contribution in [1.29, 1.82) is 0 Å². The van der Waals surface area contributed by atoms with Crippen LogP contribution >= 0.6 is 0 Å². The summed E-state index contributed by atoms with van der Waals surface area (Å²) in [5.41, 5.74) is 8.22. The largest absolute Gasteiger partial charge is 0.496 e. The van der Waals surface area contributed by atoms with E-state index in [0.717, 1.165) is 28.9 Å². The minimum atomic E-state index is -0.0218. The molecular formula is C14H21NO2. The summed E-state index contributed by atoms with van der Waals surface area (Å²) in [6.45, 7) is 6.35. The molecule has 0 fully saturated rings. The lowest BCUT2D eigenvalue weighted by molar-refractivity contribution is 0.0924. The Kier molecular flexibility index (Phi) is 4.70. The first-order valence-electron chi connectivity index (χ1n) is 5.90. The Morgan fingerprint density at radius 1 is 1.35 bits per heavy atom. The van der Waals surface area contributed by atoms with Gasteiger partial charge in [-0.3, -0.25) is 4.79 Å². The van der Waals surface area contributed by atoms with Crippen LogP contribution in [0.4, 0.5) is 0 Å². The molecule has 17 heavy (non-hydrogen) atoms. The number of carbonyl (C=O) groups excluding carboxylic acids is 1. The molecule has 0 aliphatic heterocycles. The standard InChI is InChI=1S/C14H21NO2/c1-9(5-6-15)14(16)12-7-11(3)13(17-4)8-10(12)2/h7-9H,5-6,15H2,1-4H3. The number of hydrogen-bond donors (Lipinski definition) is 1. The summed E-state index contributed by atoms with van der Waals surface area (Å²) >= 11 is 0. The van der Waals surface area contributed by atoms with Gasteiger partial charge in [0.25, 0.3) is 0 Å². The summed E-state index contributed by atoms with van der Waals surface area (Å²) < 4.78 is 5.24. The maximum atomic E-state index is 12.2. The third kappa shape index (κ3) is 3.07. The lowest BCUT2D eigenvalue weighted by Gasteiger charge is -2.14. The van der Waals surface area contributed by atoms with Crippen LogP contribution in [0.5, 0.6) is 5.75 Å². The molecule has 1 unspecified atom stereocenters. The van der Waals surface area contributed by atoms with Gasteiger partial charge in [0.15, 0.2) is 5.78 Å². The minimum absolute atomic E-state index is 0.0218. The monoisotopic (exact) mass is 235 g/mol. The van der Waals surface area contributed by atoms with Gasteiger partial charge in [-0.25, -0.2) is 0 Å². The molecule has 0 aromatic heterocycles. The van der Waals surface area contributed by atoms with Crippen LogP contribution < -0.4 is 10.5 Å². The molecule has 0 amide bonds. The molecule has 1 aromatic rings. The molecular weight excluding hydrogens is 214 g/mol. The van der Waals surface area contributed by atoms with E-state index in [2.05, 4.69) is 0 Å². The fraction of sp³-hybridized carbons (Fsp3) is 0.500. The number of ketones is 1. The molecule has 0 radical (unpaired) electrons. The summed E-state index contributed by atoms with van der Waals surface area (Å²) in [6, 6.07) is 3.82. The fourth-order valence-corrected chi connectivity index (χ4v) is 1.92. The Morgan fingerprint density at radius 3 is 2.53 bits per heavy atom. The Labute approximate surface area is 103 Å². The van der Waals surface area contributed by atoms with Gasteiger partial charge in [-0.2, -0.15) is 0 Å². The first-order chi connectivity index (χ1) is 8.01. The SMILES string of the molecule is COc1cc(C)c(C(=O)C(C)CCN)cc1C. The summed E-state index contributed by atoms with van der Waals surface area (Å²) in [5, 5.41) is 0. The maximum absolute atomic E-state index is 12.2. The molecule has 0 saturated heterocycles. The van der Waals surface area contributed by atoms with Crippen LogP contribution in [-0.2, 0) is 0 Å². The summed E-state index contributed by atoms with van der Waals surface area (Å²) in [5.74, 6) is 0.968. The molecule has 0 heterocycles. The first-order valence-corrected chi connectivity index (χ1v) is 5.90. The van der Waals surface area contributed by atoms with Crippen molar-refractivity contribution < 1.29 is 9.53 Å². The number of hydrogen-bond acceptors (Lipinski definition) is 3. The summed E-state index contributed by atoms with van der Waals surface area (Å²) in [4.78, 5) is 12.2. The second-order valence-electron chi connectivity index (χ2n) is 4.48. The Balaban J connectivity index is 3.06. The highest BCUT2D eigenvalue weighted by atomic mass is 16.5. The zero-order chi connectivity index (χ0) is 13.0. The molecule has 0 bridgehead atoms. The van der Waals surface area contributed by atoms with Gasteiger partial charge >= 0.3 is 0 Å². The van der Waals surface area contributed by atoms with E-state index in [9.17, 15) is 4.79 Å². The lowest BCUT2D eigenvalue weighted by Crippen LogP contribution is -2.17. The van der Waals surface area contributed by atoms with E-state index in [1.807, 2.05) is 32.9 Å². The van der Waals surface area contributed by atoms with Gasteiger partial charge in [0.2, 0.25) is 0 Å². The van der Waals surface area contributed by atoms with E-state index in [0.29, 0.717) is 6.54 Å². The number of aryl methyl sites for hydroxylation is 2. The number of carbonyl (C=O) groups is 1. The second-order valence-corrected chi connectivity index (χ2v) is 4.48. The highest BCUT2D eigenvalue weighted by Gasteiger charge is 2.17. The Hall–Kier alpha value is -1.35. The number of nitrogens with two attached hydrogens (primary N) is 1. The highest BCUT2D eigenvalue weighted by Crippen LogP contribution is 2.24. The molecule has 0 aliphatic rings. The van der Waals surface area contributed by atoms with Crippen molar-refractivity contribution in [3.63, 3.8) is 0 Å². The number of rotatable bonds is 5. The van der Waals surface area contributed by atoms with Crippen LogP contribution in [-0.4, -0.2) is 19.4 Å². The molecule has 3 nitrogen and oxygen atoms in total. The number of Topliss-reactive ketones (excluding diaryl/α,β-unsaturated/α-hetero) is 1. The highest BCUT2D eigenvalue weighted by molar-refractivity contribution is 5.99. The Bertz CT molecular complexity index is 413. The molecule has 0 saturated carbocycles. The molecule has 1 aromatic carbocycles. The van der Waals surface area contributed by atoms with Crippen molar-refractivity contribution in [3.05, 3.63) is 28.8 Å². The van der Waals surface area contributed by atoms with Gasteiger partial charge in [-0.15, -0.1) is 0 Å². The molecule has 3 heteroatoms. The van der Waals surface area contributed by atoms with E-state index >= 15 is 0 Å². The topological polar surface area (TPSA) is 52.3 Å². The molecule has 94 valence electrons. The number of ether oxygens (including phenoxy) is 1. The van der Waals surface area contributed by atoms with Crippen LogP contribution in [0, 0.1) is 19.8 Å². The van der Waals surface area contributed by atoms with E-state index in [-0.39, 0.29) is 11.7 Å². The zero-order valence-electron chi connectivity index (χ0n) is 11.0. The quantitative estimate of drug-likeness (QED) is 0.798. The van der Waals surface area contributed by atoms with Crippen LogP contribution in [0.2, 0.25) is 0 Å². The average Bonchev–Trinajstić information content (AvgIpc) is 2.31. The van der Waals surface area contributed by atoms with Crippen LogP contribution in [0.1, 0.15) is 34.8 Å². The van der Waals surface area contributed by atoms with Crippen LogP contribution in [0.15, 0.2) is 12.1 Å². The van der Waals surface area contributed by atoms with Crippen molar-refractivity contribution in [3.8, 4) is 5.75 Å². The second kappa shape index (κ2) is 5.82. The smallest absolute Gasteiger partial charge is 0.165 e. The summed E-state index contributed by atoms with van der Waals surface area (Å²) in [6.07, 6.45) is 0.726. The van der Waals surface area contributed by atoms with Crippen molar-refractivity contribution in [1.82, 2.24) is 0 Å². The third-order valence-corrected chi connectivity index (χ3v) is 3.05. The number of benzene rings is 1. The maximum Gasteiger partial charge on any atom is 0.165 e. The van der Waals surface area contributed by atoms with E-state index in [1.165, 1.54) is 0 Å². The predicted octanol–water partition coefficient (Wildman–Crippen LogP) is 2.48. The van der Waals surface area contributed by atoms with Crippen molar-refractivity contribution in [2.24, 2.45) is 11.7 Å². The molecule has 2 N–H and O–H groups in total. The molecule has 1 rings (SSSR count). The van der Waals surface area contributed by atoms with Crippen LogP contribution in [0.3, 0.4) is 0 Å². The molecule has 0 aliphatic carbocycles.